The van der Waals surface area contributed by atoms with Crippen LogP contribution in [0.5, 0.6) is 11.6 Å². The summed E-state index contributed by atoms with van der Waals surface area (Å²) in [5, 5.41) is 0. The normalized spacial score (nSPS) is 10.4. The fourth-order valence-electron chi connectivity index (χ4n) is 1.82. The van der Waals surface area contributed by atoms with Crippen molar-refractivity contribution in [3.63, 3.8) is 0 Å². The second-order valence-corrected chi connectivity index (χ2v) is 4.14. The number of para-hydroxylation sites is 1. The van der Waals surface area contributed by atoms with Crippen molar-refractivity contribution in [2.75, 3.05) is 0 Å². The largest absolute Gasteiger partial charge is 0.439 e. The van der Waals surface area contributed by atoms with E-state index in [2.05, 4.69) is 9.97 Å². The van der Waals surface area contributed by atoms with Gasteiger partial charge in [0.1, 0.15) is 11.4 Å². The van der Waals surface area contributed by atoms with Gasteiger partial charge in [-0.2, -0.15) is 0 Å². The summed E-state index contributed by atoms with van der Waals surface area (Å²) in [7, 11) is 1.94. The van der Waals surface area contributed by atoms with Crippen molar-refractivity contribution in [3.05, 3.63) is 60.9 Å². The van der Waals surface area contributed by atoms with E-state index in [1.807, 2.05) is 66.3 Å². The number of nitrogens with zero attached hydrogens (tertiary/aromatic N) is 3. The number of aryl methyl sites for hydroxylation is 1. The number of rotatable bonds is 3. The molecule has 0 radical (unpaired) electrons. The maximum absolute atomic E-state index is 5.71. The van der Waals surface area contributed by atoms with Gasteiger partial charge < -0.3 is 9.30 Å². The van der Waals surface area contributed by atoms with Gasteiger partial charge in [0.05, 0.1) is 0 Å². The van der Waals surface area contributed by atoms with Gasteiger partial charge in [0.25, 0.3) is 0 Å². The molecule has 4 heteroatoms. The van der Waals surface area contributed by atoms with E-state index in [0.717, 1.165) is 17.3 Å². The molecule has 19 heavy (non-hydrogen) atoms. The highest BCUT2D eigenvalue weighted by Gasteiger charge is 2.06. The number of pyridine rings is 1. The minimum Gasteiger partial charge on any atom is -0.439 e. The minimum atomic E-state index is 0.562. The third-order valence-corrected chi connectivity index (χ3v) is 2.74. The van der Waals surface area contributed by atoms with Crippen LogP contribution in [0.25, 0.3) is 11.5 Å². The Morgan fingerprint density at radius 2 is 1.84 bits per heavy atom. The smallest absolute Gasteiger partial charge is 0.219 e. The Bertz CT molecular complexity index is 677. The van der Waals surface area contributed by atoms with E-state index in [9.17, 15) is 0 Å². The molecule has 0 amide bonds. The maximum atomic E-state index is 5.71. The summed E-state index contributed by atoms with van der Waals surface area (Å²) in [5.74, 6) is 2.15. The van der Waals surface area contributed by atoms with Crippen molar-refractivity contribution < 1.29 is 4.74 Å². The number of ether oxygens (including phenoxy) is 1. The highest BCUT2D eigenvalue weighted by Crippen LogP contribution is 2.22. The first kappa shape index (κ1) is 11.5. The standard InChI is InChI=1S/C15H13N3O/c1-18-11-10-16-15(18)13-8-5-9-14(17-13)19-12-6-3-2-4-7-12/h2-11H,1H3. The van der Waals surface area contributed by atoms with Gasteiger partial charge in [0.2, 0.25) is 5.88 Å². The Morgan fingerprint density at radius 3 is 2.58 bits per heavy atom. The Labute approximate surface area is 111 Å². The Kier molecular flexibility index (Phi) is 2.98. The molecular weight excluding hydrogens is 238 g/mol. The molecule has 3 aromatic rings. The number of aromatic nitrogens is 3. The average molecular weight is 251 g/mol. The minimum absolute atomic E-state index is 0.562. The molecule has 0 fully saturated rings. The van der Waals surface area contributed by atoms with Crippen molar-refractivity contribution in [1.82, 2.24) is 14.5 Å². The molecule has 0 bridgehead atoms. The molecule has 94 valence electrons. The fraction of sp³-hybridized carbons (Fsp3) is 0.0667. The summed E-state index contributed by atoms with van der Waals surface area (Å²) in [4.78, 5) is 8.74. The summed E-state index contributed by atoms with van der Waals surface area (Å²) in [5.41, 5.74) is 0.793. The molecule has 3 rings (SSSR count). The molecule has 0 spiro atoms. The maximum Gasteiger partial charge on any atom is 0.219 e. The molecule has 0 aliphatic rings. The van der Waals surface area contributed by atoms with Crippen LogP contribution in [0.3, 0.4) is 0 Å². The van der Waals surface area contributed by atoms with Crippen LogP contribution in [-0.4, -0.2) is 14.5 Å². The summed E-state index contributed by atoms with van der Waals surface area (Å²) >= 11 is 0. The number of benzene rings is 1. The zero-order valence-electron chi connectivity index (χ0n) is 10.5. The summed E-state index contributed by atoms with van der Waals surface area (Å²) in [6.45, 7) is 0. The number of hydrogen-bond donors (Lipinski definition) is 0. The molecule has 4 nitrogen and oxygen atoms in total. The van der Waals surface area contributed by atoms with Gasteiger partial charge in [-0.05, 0) is 18.2 Å². The van der Waals surface area contributed by atoms with Crippen LogP contribution in [0.15, 0.2) is 60.9 Å². The predicted octanol–water partition coefficient (Wildman–Crippen LogP) is 3.27. The van der Waals surface area contributed by atoms with E-state index in [1.54, 1.807) is 6.20 Å². The van der Waals surface area contributed by atoms with Crippen LogP contribution in [0, 0.1) is 0 Å². The lowest BCUT2D eigenvalue weighted by atomic mass is 10.3. The monoisotopic (exact) mass is 251 g/mol. The third-order valence-electron chi connectivity index (χ3n) is 2.74. The van der Waals surface area contributed by atoms with Gasteiger partial charge in [0, 0.05) is 25.5 Å². The summed E-state index contributed by atoms with van der Waals surface area (Å²) < 4.78 is 7.63. The average Bonchev–Trinajstić information content (AvgIpc) is 2.86. The summed E-state index contributed by atoms with van der Waals surface area (Å²) in [6.07, 6.45) is 3.64. The van der Waals surface area contributed by atoms with Gasteiger partial charge in [-0.3, -0.25) is 0 Å². The molecule has 0 saturated heterocycles. The molecule has 2 aromatic heterocycles. The molecule has 2 heterocycles. The van der Waals surface area contributed by atoms with Gasteiger partial charge >= 0.3 is 0 Å². The SMILES string of the molecule is Cn1ccnc1-c1cccc(Oc2ccccc2)n1. The highest BCUT2D eigenvalue weighted by molar-refractivity contribution is 5.50. The van der Waals surface area contributed by atoms with Crippen LogP contribution in [-0.2, 0) is 7.05 Å². The van der Waals surface area contributed by atoms with E-state index < -0.39 is 0 Å². The topological polar surface area (TPSA) is 39.9 Å². The molecule has 0 unspecified atom stereocenters. The van der Waals surface area contributed by atoms with E-state index in [-0.39, 0.29) is 0 Å². The predicted molar refractivity (Wildman–Crippen MR) is 73.0 cm³/mol. The van der Waals surface area contributed by atoms with Crippen molar-refractivity contribution in [1.29, 1.82) is 0 Å². The van der Waals surface area contributed by atoms with Crippen LogP contribution in [0.4, 0.5) is 0 Å². The van der Waals surface area contributed by atoms with Crippen molar-refractivity contribution in [2.45, 2.75) is 0 Å². The molecule has 1 aromatic carbocycles. The molecule has 0 aliphatic carbocycles. The number of imidazole rings is 1. The molecule has 0 saturated carbocycles. The van der Waals surface area contributed by atoms with E-state index in [0.29, 0.717) is 5.88 Å². The van der Waals surface area contributed by atoms with Crippen LogP contribution >= 0.6 is 0 Å². The lowest BCUT2D eigenvalue weighted by Crippen LogP contribution is -1.95. The van der Waals surface area contributed by atoms with Crippen molar-refractivity contribution >= 4 is 0 Å². The van der Waals surface area contributed by atoms with E-state index >= 15 is 0 Å². The summed E-state index contributed by atoms with van der Waals surface area (Å²) in [6, 6.07) is 15.3. The van der Waals surface area contributed by atoms with Gasteiger partial charge in [-0.25, -0.2) is 9.97 Å². The van der Waals surface area contributed by atoms with E-state index in [1.165, 1.54) is 0 Å². The molecular formula is C15H13N3O. The van der Waals surface area contributed by atoms with Gasteiger partial charge in [0.15, 0.2) is 5.82 Å². The van der Waals surface area contributed by atoms with Crippen LogP contribution in [0.1, 0.15) is 0 Å². The second kappa shape index (κ2) is 4.94. The van der Waals surface area contributed by atoms with Crippen molar-refractivity contribution in [2.24, 2.45) is 7.05 Å². The van der Waals surface area contributed by atoms with Crippen molar-refractivity contribution in [3.8, 4) is 23.1 Å². The third kappa shape index (κ3) is 2.47. The van der Waals surface area contributed by atoms with Gasteiger partial charge in [-0.15, -0.1) is 0 Å². The highest BCUT2D eigenvalue weighted by atomic mass is 16.5. The first-order valence-electron chi connectivity index (χ1n) is 6.00. The molecule has 0 aliphatic heterocycles. The Balaban J connectivity index is 1.91. The quantitative estimate of drug-likeness (QED) is 0.717. The first-order chi connectivity index (χ1) is 9.33. The zero-order valence-corrected chi connectivity index (χ0v) is 10.5. The Hall–Kier alpha value is -2.62. The first-order valence-corrected chi connectivity index (χ1v) is 6.00. The number of hydrogen-bond acceptors (Lipinski definition) is 3. The van der Waals surface area contributed by atoms with Crippen LogP contribution in [0.2, 0.25) is 0 Å². The lowest BCUT2D eigenvalue weighted by molar-refractivity contribution is 0.463. The van der Waals surface area contributed by atoms with Gasteiger partial charge in [-0.1, -0.05) is 24.3 Å². The lowest BCUT2D eigenvalue weighted by Gasteiger charge is -2.06. The van der Waals surface area contributed by atoms with E-state index in [4.69, 9.17) is 4.74 Å². The van der Waals surface area contributed by atoms with Crippen LogP contribution < -0.4 is 4.74 Å². The second-order valence-electron chi connectivity index (χ2n) is 4.14. The zero-order chi connectivity index (χ0) is 13.1. The Morgan fingerprint density at radius 1 is 1.00 bits per heavy atom. The fourth-order valence-corrected chi connectivity index (χ4v) is 1.82. The molecule has 0 N–H and O–H groups in total. The molecule has 0 atom stereocenters.